The molecule has 0 bridgehead atoms. The van der Waals surface area contributed by atoms with Crippen LogP contribution in [0, 0.1) is 0 Å². The van der Waals surface area contributed by atoms with Crippen LogP contribution in [0.4, 0.5) is 0 Å². The van der Waals surface area contributed by atoms with Crippen molar-refractivity contribution in [2.45, 2.75) is 231 Å². The van der Waals surface area contributed by atoms with Crippen LogP contribution < -0.4 is 0 Å². The topological polar surface area (TPSA) is 68.2 Å². The molecule has 4 atom stereocenters. The maximum atomic E-state index is 10.8. The number of rotatable bonds is 34. The second-order valence-electron chi connectivity index (χ2n) is 14.3. The van der Waals surface area contributed by atoms with E-state index >= 15 is 0 Å². The quantitative estimate of drug-likeness (QED) is 0.0511. The summed E-state index contributed by atoms with van der Waals surface area (Å²) < 4.78 is 17.3. The minimum absolute atomic E-state index is 0.0421. The molecule has 0 aromatic rings. The number of hydrogen-bond acceptors (Lipinski definition) is 7. The minimum atomic E-state index is -0.935. The molecule has 1 fully saturated rings. The summed E-state index contributed by atoms with van der Waals surface area (Å²) in [6.07, 6.45) is 35.3. The van der Waals surface area contributed by atoms with Gasteiger partial charge in [-0.3, -0.25) is 0 Å². The second-order valence-corrected chi connectivity index (χ2v) is 15.2. The highest BCUT2D eigenvalue weighted by Gasteiger charge is 2.43. The number of aliphatic hydroxyl groups excluding tert-OH is 2. The number of thiocarbonyl (C=S) groups is 2. The molecule has 0 radical (unpaired) electrons. The van der Waals surface area contributed by atoms with Crippen molar-refractivity contribution >= 4 is 34.5 Å². The number of aliphatic hydroxyl groups is 2. The van der Waals surface area contributed by atoms with Gasteiger partial charge < -0.3 is 24.4 Å². The van der Waals surface area contributed by atoms with E-state index in [4.69, 9.17) is 38.6 Å². The Morgan fingerprint density at radius 1 is 0.574 bits per heavy atom. The number of unbranched alkanes of at least 4 members (excludes halogenated alkanes) is 26. The molecule has 0 aliphatic carbocycles. The summed E-state index contributed by atoms with van der Waals surface area (Å²) >= 11 is 10.9. The normalized spacial score (nSPS) is 18.4. The predicted octanol–water partition coefficient (Wildman–Crippen LogP) is 11.9. The molecule has 5 nitrogen and oxygen atoms in total. The average Bonchev–Trinajstić information content (AvgIpc) is 3.43. The third-order valence-corrected chi connectivity index (χ3v) is 10.3. The van der Waals surface area contributed by atoms with Crippen molar-refractivity contribution in [2.24, 2.45) is 0 Å². The van der Waals surface area contributed by atoms with Gasteiger partial charge >= 0.3 is 0 Å². The summed E-state index contributed by atoms with van der Waals surface area (Å²) in [5.41, 5.74) is 0. The Balaban J connectivity index is 2.03. The monoisotopic (exact) mass is 701 g/mol. The summed E-state index contributed by atoms with van der Waals surface area (Å²) in [6.45, 7) is 4.71. The zero-order valence-electron chi connectivity index (χ0n) is 30.9. The van der Waals surface area contributed by atoms with Gasteiger partial charge in [0.05, 0.1) is 6.61 Å². The summed E-state index contributed by atoms with van der Waals surface area (Å²) in [4.78, 5) is 0. The van der Waals surface area contributed by atoms with E-state index in [9.17, 15) is 10.2 Å². The van der Waals surface area contributed by atoms with E-state index in [1.54, 1.807) is 0 Å². The lowest BCUT2D eigenvalue weighted by atomic mass is 10.0. The Morgan fingerprint density at radius 2 is 0.915 bits per heavy atom. The molecular formula is C40H76O5S2. The predicted molar refractivity (Wildman–Crippen MR) is 208 cm³/mol. The molecule has 1 aliphatic rings. The molecule has 0 saturated carbocycles. The Kier molecular flexibility index (Phi) is 31.2. The van der Waals surface area contributed by atoms with Crippen molar-refractivity contribution in [1.29, 1.82) is 0 Å². The Labute approximate surface area is 302 Å². The standard InChI is InChI=1S/C40H76O5S2/c1-3-5-7-9-11-13-15-17-19-21-23-25-27-29-31-37(46)43-33-35(41)39-40(36(42)34-44-39)45-38(47)32-30-28-26-24-22-20-18-16-14-12-10-8-6-4-2/h35-36,39-42H,3-34H2,1-2H3/t35-,36+,39+,40+/m0/s1. The molecule has 1 saturated heterocycles. The van der Waals surface area contributed by atoms with Crippen LogP contribution in [0.25, 0.3) is 0 Å². The summed E-state index contributed by atoms with van der Waals surface area (Å²) in [7, 11) is 0. The fourth-order valence-corrected chi connectivity index (χ4v) is 7.05. The van der Waals surface area contributed by atoms with E-state index < -0.39 is 24.4 Å². The molecule has 1 rings (SSSR count). The first-order valence-electron chi connectivity index (χ1n) is 20.3. The SMILES string of the molecule is CCCCCCCCCCCCCCCCC(=S)OC[C@H](O)[C@H]1OC[C@@H](O)[C@H]1OC(=S)CCCCCCCCCCCCCCCC. The lowest BCUT2D eigenvalue weighted by molar-refractivity contribution is -0.0620. The van der Waals surface area contributed by atoms with Crippen LogP contribution in [0.1, 0.15) is 206 Å². The molecule has 47 heavy (non-hydrogen) atoms. The van der Waals surface area contributed by atoms with Gasteiger partial charge in [-0.2, -0.15) is 0 Å². The van der Waals surface area contributed by atoms with Crippen LogP contribution in [-0.2, 0) is 14.2 Å². The molecule has 0 amide bonds. The zero-order chi connectivity index (χ0) is 34.2. The van der Waals surface area contributed by atoms with E-state index in [1.165, 1.54) is 154 Å². The van der Waals surface area contributed by atoms with Crippen LogP contribution >= 0.6 is 24.4 Å². The van der Waals surface area contributed by atoms with E-state index in [-0.39, 0.29) is 13.2 Å². The van der Waals surface area contributed by atoms with E-state index in [0.29, 0.717) is 16.5 Å². The van der Waals surface area contributed by atoms with Crippen molar-refractivity contribution < 1.29 is 24.4 Å². The summed E-state index contributed by atoms with van der Waals surface area (Å²) in [5.74, 6) is 0. The summed E-state index contributed by atoms with van der Waals surface area (Å²) in [6, 6.07) is 0. The molecule has 2 N–H and O–H groups in total. The van der Waals surface area contributed by atoms with Crippen LogP contribution in [0.5, 0.6) is 0 Å². The van der Waals surface area contributed by atoms with Gasteiger partial charge in [-0.05, 0) is 37.3 Å². The minimum Gasteiger partial charge on any atom is -0.484 e. The first-order valence-corrected chi connectivity index (χ1v) is 21.1. The van der Waals surface area contributed by atoms with Crippen molar-refractivity contribution in [2.75, 3.05) is 13.2 Å². The van der Waals surface area contributed by atoms with Crippen molar-refractivity contribution in [3.8, 4) is 0 Å². The first-order chi connectivity index (χ1) is 23.0. The Morgan fingerprint density at radius 3 is 1.30 bits per heavy atom. The highest BCUT2D eigenvalue weighted by molar-refractivity contribution is 7.80. The van der Waals surface area contributed by atoms with Gasteiger partial charge in [-0.15, -0.1) is 0 Å². The first kappa shape index (κ1) is 44.7. The Hall–Kier alpha value is -0.340. The molecule has 278 valence electrons. The lowest BCUT2D eigenvalue weighted by Crippen LogP contribution is -2.43. The van der Waals surface area contributed by atoms with Gasteiger partial charge in [-0.25, -0.2) is 0 Å². The van der Waals surface area contributed by atoms with Gasteiger partial charge in [0.2, 0.25) is 0 Å². The highest BCUT2D eigenvalue weighted by Crippen LogP contribution is 2.23. The van der Waals surface area contributed by atoms with Crippen molar-refractivity contribution in [1.82, 2.24) is 0 Å². The highest BCUT2D eigenvalue weighted by atomic mass is 32.1. The van der Waals surface area contributed by atoms with Gasteiger partial charge in [-0.1, -0.05) is 181 Å². The van der Waals surface area contributed by atoms with Crippen LogP contribution in [0.3, 0.4) is 0 Å². The van der Waals surface area contributed by atoms with Gasteiger partial charge in [0.25, 0.3) is 0 Å². The van der Waals surface area contributed by atoms with Crippen LogP contribution in [-0.4, -0.2) is 57.9 Å². The zero-order valence-corrected chi connectivity index (χ0v) is 32.5. The van der Waals surface area contributed by atoms with Crippen molar-refractivity contribution in [3.63, 3.8) is 0 Å². The molecule has 1 aliphatic heterocycles. The van der Waals surface area contributed by atoms with E-state index in [2.05, 4.69) is 13.8 Å². The molecule has 0 aromatic carbocycles. The average molecular weight is 701 g/mol. The smallest absolute Gasteiger partial charge is 0.160 e. The molecule has 0 spiro atoms. The molecule has 1 heterocycles. The van der Waals surface area contributed by atoms with Gasteiger partial charge in [0, 0.05) is 12.8 Å². The van der Waals surface area contributed by atoms with Gasteiger partial charge in [0.15, 0.2) is 16.2 Å². The number of hydrogen-bond donors (Lipinski definition) is 2. The second kappa shape index (κ2) is 32.8. The third kappa shape index (κ3) is 26.2. The molecule has 7 heteroatoms. The Bertz CT molecular complexity index is 721. The molecule has 0 unspecified atom stereocenters. The number of ether oxygens (including phenoxy) is 3. The fourth-order valence-electron chi connectivity index (χ4n) is 6.58. The van der Waals surface area contributed by atoms with Crippen LogP contribution in [0.15, 0.2) is 0 Å². The van der Waals surface area contributed by atoms with Crippen molar-refractivity contribution in [3.05, 3.63) is 0 Å². The maximum absolute atomic E-state index is 10.8. The molecule has 0 aromatic heterocycles. The van der Waals surface area contributed by atoms with Gasteiger partial charge in [0.1, 0.15) is 24.9 Å². The third-order valence-electron chi connectivity index (χ3n) is 9.69. The maximum Gasteiger partial charge on any atom is 0.160 e. The van der Waals surface area contributed by atoms with E-state index in [0.717, 1.165) is 32.1 Å². The molecular weight excluding hydrogens is 625 g/mol. The largest absolute Gasteiger partial charge is 0.484 e. The summed E-state index contributed by atoms with van der Waals surface area (Å²) in [5, 5.41) is 22.2. The lowest BCUT2D eigenvalue weighted by Gasteiger charge is -2.26. The van der Waals surface area contributed by atoms with E-state index in [1.807, 2.05) is 0 Å². The fraction of sp³-hybridized carbons (Fsp3) is 0.950. The van der Waals surface area contributed by atoms with Crippen LogP contribution in [0.2, 0.25) is 0 Å².